The zero-order valence-corrected chi connectivity index (χ0v) is 33.1. The number of carbonyl (C=O) groups is 3. The van der Waals surface area contributed by atoms with Crippen molar-refractivity contribution in [3.8, 4) is 11.5 Å². The minimum absolute atomic E-state index is 0.00550. The van der Waals surface area contributed by atoms with Gasteiger partial charge in [0, 0.05) is 32.0 Å². The third-order valence-electron chi connectivity index (χ3n) is 11.5. The minimum Gasteiger partial charge on any atom is -0.456 e. The number of ether oxygens (including phenoxy) is 2. The van der Waals surface area contributed by atoms with Crippen molar-refractivity contribution in [1.29, 1.82) is 0 Å². The van der Waals surface area contributed by atoms with Crippen LogP contribution in [0, 0.1) is 5.92 Å². The van der Waals surface area contributed by atoms with Crippen LogP contribution in [0.5, 0.6) is 11.5 Å². The predicted octanol–water partition coefficient (Wildman–Crippen LogP) is 6.63. The Bertz CT molecular complexity index is 2300. The fraction of sp³-hybridized carbons (Fsp3) is 0.442. The highest BCUT2D eigenvalue weighted by atomic mass is 19.3. The Labute approximate surface area is 340 Å². The van der Waals surface area contributed by atoms with E-state index in [1.54, 1.807) is 29.1 Å². The van der Waals surface area contributed by atoms with Crippen molar-refractivity contribution in [3.05, 3.63) is 95.1 Å². The monoisotopic (exact) mass is 809 g/mol. The molecule has 0 spiro atoms. The molecule has 0 atom stereocenters. The van der Waals surface area contributed by atoms with Gasteiger partial charge >= 0.3 is 0 Å². The molecule has 0 unspecified atom stereocenters. The largest absolute Gasteiger partial charge is 0.456 e. The van der Waals surface area contributed by atoms with Crippen LogP contribution >= 0.6 is 0 Å². The summed E-state index contributed by atoms with van der Waals surface area (Å²) < 4.78 is 43.3. The van der Waals surface area contributed by atoms with Crippen molar-refractivity contribution in [1.82, 2.24) is 34.6 Å². The smallest absolute Gasteiger partial charge is 0.284 e. The minimum atomic E-state index is -2.85. The number of amides is 3. The first-order chi connectivity index (χ1) is 28.7. The number of halogens is 2. The summed E-state index contributed by atoms with van der Waals surface area (Å²) in [6.07, 6.45) is 9.43. The molecule has 16 heteroatoms. The number of anilines is 2. The molecule has 5 aromatic rings. The molecule has 2 N–H and O–H groups in total. The molecule has 310 valence electrons. The SMILES string of the molecule is CN(CCCCCc1ccccc1Oc1cccc2c1C(=O)NC(=O)C2)CC1CCC(n2cc(NC(=O)c3cnn4ccc(N5CCOCC5)nc34)c(C(F)F)n2)CC1. The third-order valence-corrected chi connectivity index (χ3v) is 11.5. The third kappa shape index (κ3) is 9.28. The van der Waals surface area contributed by atoms with Gasteiger partial charge in [0.05, 0.1) is 43.1 Å². The number of aryl methyl sites for hydroxylation is 1. The van der Waals surface area contributed by atoms with Gasteiger partial charge in [0.1, 0.15) is 22.9 Å². The van der Waals surface area contributed by atoms with E-state index >= 15 is 0 Å². The first-order valence-corrected chi connectivity index (χ1v) is 20.5. The zero-order valence-electron chi connectivity index (χ0n) is 33.1. The lowest BCUT2D eigenvalue weighted by Gasteiger charge is -2.31. The Balaban J connectivity index is 0.793. The van der Waals surface area contributed by atoms with E-state index in [2.05, 4.69) is 42.7 Å². The maximum absolute atomic E-state index is 14.2. The van der Waals surface area contributed by atoms with Crippen molar-refractivity contribution in [2.24, 2.45) is 5.92 Å². The molecule has 1 aliphatic carbocycles. The highest BCUT2D eigenvalue weighted by Gasteiger charge is 2.29. The van der Waals surface area contributed by atoms with Gasteiger partial charge in [-0.2, -0.15) is 10.2 Å². The number of para-hydroxylation sites is 1. The summed E-state index contributed by atoms with van der Waals surface area (Å²) in [4.78, 5) is 47.0. The number of unbranched alkanes of at least 4 members (excludes halogenated alkanes) is 2. The molecule has 59 heavy (non-hydrogen) atoms. The molecule has 14 nitrogen and oxygen atoms in total. The number of nitrogens with zero attached hydrogens (tertiary/aromatic N) is 7. The first kappa shape index (κ1) is 40.1. The van der Waals surface area contributed by atoms with E-state index in [9.17, 15) is 23.2 Å². The molecule has 0 radical (unpaired) electrons. The number of rotatable bonds is 15. The normalized spacial score (nSPS) is 18.4. The van der Waals surface area contributed by atoms with Crippen LogP contribution in [0.3, 0.4) is 0 Å². The number of nitrogens with one attached hydrogen (secondary N) is 2. The van der Waals surface area contributed by atoms with Crippen LogP contribution in [-0.2, 0) is 22.4 Å². The number of carbonyl (C=O) groups excluding carboxylic acids is 3. The van der Waals surface area contributed by atoms with Crippen LogP contribution in [0.4, 0.5) is 20.3 Å². The molecule has 5 heterocycles. The van der Waals surface area contributed by atoms with Gasteiger partial charge in [-0.05, 0) is 93.8 Å². The molecular formula is C43H49F2N9O5. The molecule has 3 amide bonds. The molecule has 2 fully saturated rings. The van der Waals surface area contributed by atoms with Crippen LogP contribution in [0.2, 0.25) is 0 Å². The molecule has 3 aromatic heterocycles. The fourth-order valence-corrected chi connectivity index (χ4v) is 8.43. The van der Waals surface area contributed by atoms with Crippen molar-refractivity contribution >= 4 is 34.9 Å². The Kier molecular flexibility index (Phi) is 12.2. The second kappa shape index (κ2) is 18.0. The van der Waals surface area contributed by atoms with Crippen molar-refractivity contribution in [2.75, 3.05) is 56.7 Å². The van der Waals surface area contributed by atoms with Crippen LogP contribution in [0.15, 0.2) is 67.1 Å². The number of hydrogen-bond acceptors (Lipinski definition) is 10. The van der Waals surface area contributed by atoms with Crippen LogP contribution < -0.4 is 20.3 Å². The van der Waals surface area contributed by atoms with E-state index in [-0.39, 0.29) is 29.6 Å². The molecule has 1 saturated heterocycles. The van der Waals surface area contributed by atoms with Gasteiger partial charge in [-0.25, -0.2) is 18.3 Å². The number of benzene rings is 2. The molecule has 0 bridgehead atoms. The lowest BCUT2D eigenvalue weighted by molar-refractivity contribution is -0.119. The number of fused-ring (bicyclic) bond motifs is 2. The molecule has 2 aromatic carbocycles. The Morgan fingerprint density at radius 1 is 1.02 bits per heavy atom. The Hall–Kier alpha value is -5.74. The molecule has 1 saturated carbocycles. The summed E-state index contributed by atoms with van der Waals surface area (Å²) >= 11 is 0. The summed E-state index contributed by atoms with van der Waals surface area (Å²) in [5, 5.41) is 13.6. The standard InChI is InChI=1S/C43H49F2N9O5/c1-51(18-6-2-3-8-29-9-4-5-11-34(29)59-35-12-7-10-30-24-37(55)49-43(57)38(30)35)26-28-13-15-31(16-14-28)54-27-33(39(50-54)40(44)45)47-42(56)32-25-46-53-19-17-36(48-41(32)53)52-20-22-58-23-21-52/h4-5,7,9-12,17,19,25,27-28,31,40H,2-3,6,8,13-16,18,20-24,26H2,1H3,(H,47,56)(H,49,55,57). The van der Waals surface area contributed by atoms with Gasteiger partial charge < -0.3 is 24.6 Å². The van der Waals surface area contributed by atoms with E-state index in [0.29, 0.717) is 66.3 Å². The van der Waals surface area contributed by atoms with Crippen LogP contribution in [0.25, 0.3) is 5.65 Å². The predicted molar refractivity (Wildman–Crippen MR) is 216 cm³/mol. The topological polar surface area (TPSA) is 148 Å². The summed E-state index contributed by atoms with van der Waals surface area (Å²) in [7, 11) is 2.15. The van der Waals surface area contributed by atoms with E-state index < -0.39 is 23.9 Å². The van der Waals surface area contributed by atoms with Crippen LogP contribution in [-0.4, -0.2) is 93.4 Å². The number of aromatic nitrogens is 5. The summed E-state index contributed by atoms with van der Waals surface area (Å²) in [6, 6.07) is 15.0. The Morgan fingerprint density at radius 2 is 1.81 bits per heavy atom. The van der Waals surface area contributed by atoms with E-state index in [1.165, 1.54) is 16.9 Å². The van der Waals surface area contributed by atoms with E-state index in [1.807, 2.05) is 30.3 Å². The quantitative estimate of drug-likeness (QED) is 0.0872. The lowest BCUT2D eigenvalue weighted by Crippen LogP contribution is -2.37. The number of alkyl halides is 2. The van der Waals surface area contributed by atoms with E-state index in [4.69, 9.17) is 9.47 Å². The lowest BCUT2D eigenvalue weighted by atomic mass is 9.86. The molecule has 8 rings (SSSR count). The zero-order chi connectivity index (χ0) is 40.9. The van der Waals surface area contributed by atoms with Crippen molar-refractivity contribution in [2.45, 2.75) is 70.3 Å². The average Bonchev–Trinajstić information content (AvgIpc) is 3.86. The number of morpholine rings is 1. The molecule has 3 aliphatic rings. The van der Waals surface area contributed by atoms with E-state index in [0.717, 1.165) is 70.0 Å². The molecular weight excluding hydrogens is 761 g/mol. The summed E-state index contributed by atoms with van der Waals surface area (Å²) in [5.74, 6) is 1.03. The second-order valence-electron chi connectivity index (χ2n) is 15.7. The van der Waals surface area contributed by atoms with Crippen molar-refractivity contribution < 1.29 is 32.6 Å². The Morgan fingerprint density at radius 3 is 2.63 bits per heavy atom. The van der Waals surface area contributed by atoms with Crippen molar-refractivity contribution in [3.63, 3.8) is 0 Å². The summed E-state index contributed by atoms with van der Waals surface area (Å²) in [5.41, 5.74) is 2.22. The van der Waals surface area contributed by atoms with Gasteiger partial charge in [-0.1, -0.05) is 36.8 Å². The highest BCUT2D eigenvalue weighted by Crippen LogP contribution is 2.36. The first-order valence-electron chi connectivity index (χ1n) is 20.5. The fourth-order valence-electron chi connectivity index (χ4n) is 8.43. The van der Waals surface area contributed by atoms with Crippen LogP contribution in [0.1, 0.15) is 94.9 Å². The maximum Gasteiger partial charge on any atom is 0.284 e. The van der Waals surface area contributed by atoms with Gasteiger partial charge in [0.25, 0.3) is 18.2 Å². The second-order valence-corrected chi connectivity index (χ2v) is 15.7. The van der Waals surface area contributed by atoms with Gasteiger partial charge in [-0.3, -0.25) is 24.4 Å². The van der Waals surface area contributed by atoms with Gasteiger partial charge in [0.2, 0.25) is 5.91 Å². The average molecular weight is 810 g/mol. The number of imide groups is 1. The maximum atomic E-state index is 14.2. The number of hydrogen-bond donors (Lipinski definition) is 2. The molecule has 2 aliphatic heterocycles. The van der Waals surface area contributed by atoms with Gasteiger partial charge in [0.15, 0.2) is 11.3 Å². The summed E-state index contributed by atoms with van der Waals surface area (Å²) in [6.45, 7) is 4.47. The van der Waals surface area contributed by atoms with Gasteiger partial charge in [-0.15, -0.1) is 0 Å². The highest BCUT2D eigenvalue weighted by molar-refractivity contribution is 6.11.